The number of hydrogen-bond donors (Lipinski definition) is 1. The molecule has 1 heterocycles. The summed E-state index contributed by atoms with van der Waals surface area (Å²) in [5.74, 6) is 0.906. The Morgan fingerprint density at radius 1 is 1.50 bits per heavy atom. The molecule has 3 rings (SSSR count). The van der Waals surface area contributed by atoms with E-state index < -0.39 is 0 Å². The lowest BCUT2D eigenvalue weighted by molar-refractivity contribution is 0.486. The Balaban J connectivity index is 1.74. The average molecular weight is 259 g/mol. The molecule has 0 radical (unpaired) electrons. The topological polar surface area (TPSA) is 75.8 Å². The minimum Gasteiger partial charge on any atom is -0.431 e. The van der Waals surface area contributed by atoms with Gasteiger partial charge in [-0.25, -0.2) is 4.98 Å². The predicted molar refractivity (Wildman–Crippen MR) is 71.0 cm³/mol. The molecule has 0 spiro atoms. The van der Waals surface area contributed by atoms with Gasteiger partial charge in [-0.3, -0.25) is 0 Å². The third-order valence-electron chi connectivity index (χ3n) is 3.30. The zero-order valence-corrected chi connectivity index (χ0v) is 10.7. The molecule has 1 aromatic heterocycles. The lowest BCUT2D eigenvalue weighted by atomic mass is 10.1. The van der Waals surface area contributed by atoms with Crippen LogP contribution >= 0.6 is 11.8 Å². The van der Waals surface area contributed by atoms with E-state index in [4.69, 9.17) is 15.4 Å². The van der Waals surface area contributed by atoms with Crippen molar-refractivity contribution in [3.8, 4) is 6.07 Å². The van der Waals surface area contributed by atoms with Gasteiger partial charge < -0.3 is 10.2 Å². The van der Waals surface area contributed by atoms with Crippen molar-refractivity contribution < 1.29 is 4.42 Å². The van der Waals surface area contributed by atoms with Crippen LogP contribution in [0, 0.1) is 16.7 Å². The quantitative estimate of drug-likeness (QED) is 0.674. The number of fused-ring (bicyclic) bond motifs is 1. The second-order valence-electron chi connectivity index (χ2n) is 4.83. The Hall–Kier alpha value is -1.67. The van der Waals surface area contributed by atoms with Crippen LogP contribution in [0.5, 0.6) is 0 Å². The number of benzene rings is 1. The van der Waals surface area contributed by atoms with Gasteiger partial charge in [0, 0.05) is 17.9 Å². The van der Waals surface area contributed by atoms with E-state index in [1.165, 1.54) is 0 Å². The molecule has 1 aliphatic carbocycles. The zero-order chi connectivity index (χ0) is 12.6. The fourth-order valence-electron chi connectivity index (χ4n) is 1.92. The molecule has 0 amide bonds. The average Bonchev–Trinajstić information content (AvgIpc) is 2.99. The number of rotatable bonds is 4. The fourth-order valence-corrected chi connectivity index (χ4v) is 3.05. The maximum Gasteiger partial charge on any atom is 0.256 e. The third kappa shape index (κ3) is 2.16. The number of nitrogens with two attached hydrogens (primary N) is 1. The highest BCUT2D eigenvalue weighted by Crippen LogP contribution is 2.51. The predicted octanol–water partition coefficient (Wildman–Crippen LogP) is 3.20. The second-order valence-corrected chi connectivity index (χ2v) is 5.76. The van der Waals surface area contributed by atoms with E-state index in [-0.39, 0.29) is 5.41 Å². The van der Waals surface area contributed by atoms with Gasteiger partial charge in [0.2, 0.25) is 0 Å². The summed E-state index contributed by atoms with van der Waals surface area (Å²) < 4.78 is 5.64. The molecule has 0 unspecified atom stereocenters. The molecule has 1 fully saturated rings. The van der Waals surface area contributed by atoms with Crippen molar-refractivity contribution in [2.45, 2.75) is 24.5 Å². The molecule has 0 saturated heterocycles. The van der Waals surface area contributed by atoms with E-state index in [1.54, 1.807) is 17.8 Å². The molecule has 18 heavy (non-hydrogen) atoms. The van der Waals surface area contributed by atoms with E-state index in [1.807, 2.05) is 12.1 Å². The number of thioether (sulfide) groups is 1. The van der Waals surface area contributed by atoms with Crippen molar-refractivity contribution in [3.63, 3.8) is 0 Å². The fraction of sp³-hybridized carbons (Fsp3) is 0.385. The highest BCUT2D eigenvalue weighted by atomic mass is 32.2. The smallest absolute Gasteiger partial charge is 0.256 e. The summed E-state index contributed by atoms with van der Waals surface area (Å²) in [4.78, 5) is 4.40. The first kappa shape index (κ1) is 11.4. The number of anilines is 1. The first-order valence-electron chi connectivity index (χ1n) is 5.87. The Kier molecular flexibility index (Phi) is 2.67. The van der Waals surface area contributed by atoms with Crippen LogP contribution in [0.3, 0.4) is 0 Å². The van der Waals surface area contributed by atoms with E-state index in [9.17, 15) is 0 Å². The zero-order valence-electron chi connectivity index (χ0n) is 9.85. The van der Waals surface area contributed by atoms with Gasteiger partial charge in [-0.05, 0) is 36.5 Å². The van der Waals surface area contributed by atoms with Gasteiger partial charge in [-0.2, -0.15) is 5.26 Å². The number of aromatic nitrogens is 1. The molecule has 1 saturated carbocycles. The molecule has 5 heteroatoms. The minimum absolute atomic E-state index is 0.207. The molecular formula is C13H13N3OS. The summed E-state index contributed by atoms with van der Waals surface area (Å²) in [6.07, 6.45) is 2.91. The molecule has 92 valence electrons. The van der Waals surface area contributed by atoms with Crippen LogP contribution in [0.1, 0.15) is 19.3 Å². The van der Waals surface area contributed by atoms with Crippen molar-refractivity contribution in [3.05, 3.63) is 18.2 Å². The molecule has 0 bridgehead atoms. The van der Waals surface area contributed by atoms with Crippen LogP contribution in [-0.4, -0.2) is 10.7 Å². The van der Waals surface area contributed by atoms with Gasteiger partial charge in [0.05, 0.1) is 6.07 Å². The van der Waals surface area contributed by atoms with E-state index in [0.717, 1.165) is 29.7 Å². The Labute approximate surface area is 109 Å². The van der Waals surface area contributed by atoms with Crippen molar-refractivity contribution >= 4 is 28.5 Å². The van der Waals surface area contributed by atoms with Crippen LogP contribution in [0.25, 0.3) is 11.1 Å². The van der Waals surface area contributed by atoms with Gasteiger partial charge in [0.1, 0.15) is 5.52 Å². The third-order valence-corrected chi connectivity index (χ3v) is 4.48. The van der Waals surface area contributed by atoms with Gasteiger partial charge in [0.15, 0.2) is 5.58 Å². The summed E-state index contributed by atoms with van der Waals surface area (Å²) in [5, 5.41) is 9.44. The molecule has 0 atom stereocenters. The maximum absolute atomic E-state index is 8.77. The van der Waals surface area contributed by atoms with E-state index in [0.29, 0.717) is 17.3 Å². The highest BCUT2D eigenvalue weighted by Gasteiger charge is 2.42. The standard InChI is InChI=1S/C13H13N3OS/c14-6-5-13(3-4-13)8-18-12-16-10-7-9(15)1-2-11(10)17-12/h1-2,7H,3-5,8,15H2. The van der Waals surface area contributed by atoms with Crippen molar-refractivity contribution in [2.24, 2.45) is 5.41 Å². The van der Waals surface area contributed by atoms with Crippen LogP contribution in [0.2, 0.25) is 0 Å². The first-order valence-corrected chi connectivity index (χ1v) is 6.85. The number of nitrogens with zero attached hydrogens (tertiary/aromatic N) is 2. The molecular weight excluding hydrogens is 246 g/mol. The molecule has 1 aromatic carbocycles. The monoisotopic (exact) mass is 259 g/mol. The van der Waals surface area contributed by atoms with E-state index in [2.05, 4.69) is 11.1 Å². The number of oxazole rings is 1. The molecule has 0 aliphatic heterocycles. The summed E-state index contributed by atoms with van der Waals surface area (Å²) >= 11 is 1.59. The number of nitriles is 1. The highest BCUT2D eigenvalue weighted by molar-refractivity contribution is 7.99. The lowest BCUT2D eigenvalue weighted by Gasteiger charge is -2.06. The second kappa shape index (κ2) is 4.21. The van der Waals surface area contributed by atoms with Gasteiger partial charge in [-0.1, -0.05) is 11.8 Å². The van der Waals surface area contributed by atoms with Crippen molar-refractivity contribution in [2.75, 3.05) is 11.5 Å². The number of hydrogen-bond acceptors (Lipinski definition) is 5. The van der Waals surface area contributed by atoms with Crippen LogP contribution in [0.4, 0.5) is 5.69 Å². The van der Waals surface area contributed by atoms with Crippen molar-refractivity contribution in [1.82, 2.24) is 4.98 Å². The largest absolute Gasteiger partial charge is 0.431 e. The van der Waals surface area contributed by atoms with Crippen LogP contribution in [0.15, 0.2) is 27.8 Å². The molecule has 2 N–H and O–H groups in total. The van der Waals surface area contributed by atoms with Crippen LogP contribution < -0.4 is 5.73 Å². The number of nitrogen functional groups attached to an aromatic ring is 1. The summed E-state index contributed by atoms with van der Waals surface area (Å²) in [6, 6.07) is 7.71. The summed E-state index contributed by atoms with van der Waals surface area (Å²) in [5.41, 5.74) is 8.15. The maximum atomic E-state index is 8.77. The van der Waals surface area contributed by atoms with Gasteiger partial charge in [-0.15, -0.1) is 0 Å². The lowest BCUT2D eigenvalue weighted by Crippen LogP contribution is -2.02. The Morgan fingerprint density at radius 3 is 3.06 bits per heavy atom. The van der Waals surface area contributed by atoms with Crippen LogP contribution in [-0.2, 0) is 0 Å². The Bertz CT molecular complexity index is 625. The normalized spacial score (nSPS) is 16.6. The van der Waals surface area contributed by atoms with Crippen molar-refractivity contribution in [1.29, 1.82) is 5.26 Å². The molecule has 4 nitrogen and oxygen atoms in total. The SMILES string of the molecule is N#CCC1(CSc2nc3cc(N)ccc3o2)CC1. The summed E-state index contributed by atoms with van der Waals surface area (Å²) in [7, 11) is 0. The summed E-state index contributed by atoms with van der Waals surface area (Å²) in [6.45, 7) is 0. The minimum atomic E-state index is 0.207. The van der Waals surface area contributed by atoms with Gasteiger partial charge >= 0.3 is 0 Å². The first-order chi connectivity index (χ1) is 8.71. The Morgan fingerprint density at radius 2 is 2.33 bits per heavy atom. The molecule has 2 aromatic rings. The molecule has 1 aliphatic rings. The van der Waals surface area contributed by atoms with Gasteiger partial charge in [0.25, 0.3) is 5.22 Å². The van der Waals surface area contributed by atoms with E-state index >= 15 is 0 Å².